The van der Waals surface area contributed by atoms with Crippen molar-refractivity contribution in [2.75, 3.05) is 19.7 Å². The molecule has 1 aliphatic heterocycles. The van der Waals surface area contributed by atoms with Crippen LogP contribution in [0.25, 0.3) is 0 Å². The fourth-order valence-corrected chi connectivity index (χ4v) is 1.07. The summed E-state index contributed by atoms with van der Waals surface area (Å²) in [6.45, 7) is 8.07. The second kappa shape index (κ2) is 4.13. The van der Waals surface area contributed by atoms with Gasteiger partial charge in [0.2, 0.25) is 0 Å². The summed E-state index contributed by atoms with van der Waals surface area (Å²) in [6.07, 6.45) is 2.65. The Kier molecular flexibility index (Phi) is 3.11. The van der Waals surface area contributed by atoms with Crippen molar-refractivity contribution < 1.29 is 4.84 Å². The summed E-state index contributed by atoms with van der Waals surface area (Å²) < 4.78 is 0. The molecule has 0 aromatic carbocycles. The number of aliphatic imine (C=N–C) groups is 1. The van der Waals surface area contributed by atoms with Crippen molar-refractivity contribution in [1.29, 1.82) is 0 Å². The van der Waals surface area contributed by atoms with E-state index in [9.17, 15) is 0 Å². The van der Waals surface area contributed by atoms with E-state index >= 15 is 0 Å². The van der Waals surface area contributed by atoms with Crippen LogP contribution >= 0.6 is 0 Å². The fraction of sp³-hybridized carbons (Fsp3) is 0.625. The molecule has 3 heteroatoms. The van der Waals surface area contributed by atoms with Gasteiger partial charge in [-0.2, -0.15) is 0 Å². The summed E-state index contributed by atoms with van der Waals surface area (Å²) >= 11 is 0. The Labute approximate surface area is 67.3 Å². The first-order valence-corrected chi connectivity index (χ1v) is 3.93. The van der Waals surface area contributed by atoms with Crippen LogP contribution in [-0.2, 0) is 4.84 Å². The zero-order valence-corrected chi connectivity index (χ0v) is 6.92. The Morgan fingerprint density at radius 2 is 2.64 bits per heavy atom. The molecule has 0 amide bonds. The van der Waals surface area contributed by atoms with Gasteiger partial charge in [0, 0.05) is 6.42 Å². The van der Waals surface area contributed by atoms with E-state index in [0.29, 0.717) is 6.61 Å². The molecule has 0 unspecified atom stereocenters. The minimum atomic E-state index is 0.705. The van der Waals surface area contributed by atoms with Gasteiger partial charge in [-0.15, -0.1) is 6.58 Å². The largest absolute Gasteiger partial charge is 0.273 e. The highest BCUT2D eigenvalue weighted by atomic mass is 16.7. The highest BCUT2D eigenvalue weighted by molar-refractivity contribution is 5.83. The molecule has 0 saturated heterocycles. The smallest absolute Gasteiger partial charge is 0.127 e. The van der Waals surface area contributed by atoms with Gasteiger partial charge in [-0.1, -0.05) is 6.08 Å². The minimum Gasteiger partial charge on any atom is -0.273 e. The summed E-state index contributed by atoms with van der Waals surface area (Å²) in [6, 6.07) is 0. The Morgan fingerprint density at radius 1 is 1.82 bits per heavy atom. The van der Waals surface area contributed by atoms with Crippen LogP contribution in [0.5, 0.6) is 0 Å². The molecule has 3 nitrogen and oxygen atoms in total. The first-order chi connectivity index (χ1) is 5.38. The summed E-state index contributed by atoms with van der Waals surface area (Å²) in [5.41, 5.74) is 0. The predicted octanol–water partition coefficient (Wildman–Crippen LogP) is 1.23. The number of amidine groups is 1. The van der Waals surface area contributed by atoms with Gasteiger partial charge in [-0.05, 0) is 6.92 Å². The quantitative estimate of drug-likeness (QED) is 0.569. The first-order valence-electron chi connectivity index (χ1n) is 3.93. The number of hydroxylamine groups is 2. The predicted molar refractivity (Wildman–Crippen MR) is 45.4 cm³/mol. The zero-order chi connectivity index (χ0) is 8.10. The molecule has 0 aromatic rings. The Bertz CT molecular complexity index is 165. The van der Waals surface area contributed by atoms with Gasteiger partial charge in [0.1, 0.15) is 5.84 Å². The molecule has 0 radical (unpaired) electrons. The lowest BCUT2D eigenvalue weighted by molar-refractivity contribution is -0.0858. The molecular weight excluding hydrogens is 140 g/mol. The third-order valence-corrected chi connectivity index (χ3v) is 1.50. The molecule has 0 bridgehead atoms. The maximum atomic E-state index is 5.32. The number of rotatable bonds is 4. The van der Waals surface area contributed by atoms with E-state index in [1.165, 1.54) is 0 Å². The van der Waals surface area contributed by atoms with Crippen LogP contribution in [0.15, 0.2) is 17.6 Å². The van der Waals surface area contributed by atoms with Gasteiger partial charge < -0.3 is 0 Å². The molecule has 0 atom stereocenters. The second-order valence-electron chi connectivity index (χ2n) is 2.31. The first kappa shape index (κ1) is 8.27. The van der Waals surface area contributed by atoms with Crippen LogP contribution in [0.2, 0.25) is 0 Å². The fourth-order valence-electron chi connectivity index (χ4n) is 1.07. The molecule has 0 saturated carbocycles. The maximum absolute atomic E-state index is 5.32. The van der Waals surface area contributed by atoms with Crippen LogP contribution in [0, 0.1) is 0 Å². The minimum absolute atomic E-state index is 0.705. The van der Waals surface area contributed by atoms with E-state index in [0.717, 1.165) is 25.3 Å². The van der Waals surface area contributed by atoms with Crippen molar-refractivity contribution in [3.63, 3.8) is 0 Å². The van der Waals surface area contributed by atoms with E-state index in [1.807, 2.05) is 18.1 Å². The highest BCUT2D eigenvalue weighted by Crippen LogP contribution is 2.05. The van der Waals surface area contributed by atoms with Gasteiger partial charge in [0.05, 0.1) is 19.7 Å². The van der Waals surface area contributed by atoms with Crippen molar-refractivity contribution in [2.24, 2.45) is 4.99 Å². The molecule has 0 fully saturated rings. The highest BCUT2D eigenvalue weighted by Gasteiger charge is 2.14. The third kappa shape index (κ3) is 2.05. The van der Waals surface area contributed by atoms with Gasteiger partial charge in [0.25, 0.3) is 0 Å². The van der Waals surface area contributed by atoms with Gasteiger partial charge >= 0.3 is 0 Å². The number of hydrogen-bond donors (Lipinski definition) is 0. The van der Waals surface area contributed by atoms with Crippen LogP contribution in [-0.4, -0.2) is 30.6 Å². The third-order valence-electron chi connectivity index (χ3n) is 1.50. The molecule has 0 aliphatic carbocycles. The maximum Gasteiger partial charge on any atom is 0.127 e. The number of hydrogen-bond acceptors (Lipinski definition) is 3. The monoisotopic (exact) mass is 154 g/mol. The summed E-state index contributed by atoms with van der Waals surface area (Å²) in [5.74, 6) is 1.00. The molecule has 0 N–H and O–H groups in total. The molecule has 11 heavy (non-hydrogen) atoms. The summed E-state index contributed by atoms with van der Waals surface area (Å²) in [5, 5.41) is 1.85. The van der Waals surface area contributed by atoms with Crippen molar-refractivity contribution in [3.8, 4) is 0 Å². The molecule has 1 rings (SSSR count). The molecule has 62 valence electrons. The van der Waals surface area contributed by atoms with Crippen LogP contribution in [0.3, 0.4) is 0 Å². The van der Waals surface area contributed by atoms with E-state index in [2.05, 4.69) is 11.6 Å². The van der Waals surface area contributed by atoms with Crippen LogP contribution in [0.4, 0.5) is 0 Å². The SMILES string of the molecule is C=CCC1=NCCN1OCC. The lowest BCUT2D eigenvalue weighted by atomic mass is 10.4. The Hall–Kier alpha value is -0.830. The summed E-state index contributed by atoms with van der Waals surface area (Å²) in [4.78, 5) is 9.59. The molecular formula is C8H14N2O. The zero-order valence-electron chi connectivity index (χ0n) is 6.92. The van der Waals surface area contributed by atoms with Crippen LogP contribution < -0.4 is 0 Å². The molecule has 0 spiro atoms. The van der Waals surface area contributed by atoms with Crippen LogP contribution in [0.1, 0.15) is 13.3 Å². The molecule has 1 heterocycles. The van der Waals surface area contributed by atoms with Gasteiger partial charge in [-0.25, -0.2) is 5.06 Å². The molecule has 0 aromatic heterocycles. The lowest BCUT2D eigenvalue weighted by Gasteiger charge is -2.17. The topological polar surface area (TPSA) is 24.8 Å². The normalized spacial score (nSPS) is 16.8. The van der Waals surface area contributed by atoms with E-state index in [-0.39, 0.29) is 0 Å². The average molecular weight is 154 g/mol. The van der Waals surface area contributed by atoms with Gasteiger partial charge in [0.15, 0.2) is 0 Å². The summed E-state index contributed by atoms with van der Waals surface area (Å²) in [7, 11) is 0. The Morgan fingerprint density at radius 3 is 3.27 bits per heavy atom. The standard InChI is InChI=1S/C8H14N2O/c1-3-5-8-9-6-7-10(8)11-4-2/h3H,1,4-7H2,2H3. The average Bonchev–Trinajstić information content (AvgIpc) is 2.39. The van der Waals surface area contributed by atoms with E-state index in [4.69, 9.17) is 4.84 Å². The second-order valence-corrected chi connectivity index (χ2v) is 2.31. The van der Waals surface area contributed by atoms with Crippen molar-refractivity contribution in [1.82, 2.24) is 5.06 Å². The van der Waals surface area contributed by atoms with Crippen molar-refractivity contribution in [2.45, 2.75) is 13.3 Å². The Balaban J connectivity index is 2.41. The van der Waals surface area contributed by atoms with Crippen molar-refractivity contribution in [3.05, 3.63) is 12.7 Å². The van der Waals surface area contributed by atoms with Gasteiger partial charge in [-0.3, -0.25) is 9.83 Å². The van der Waals surface area contributed by atoms with Crippen molar-refractivity contribution >= 4 is 5.84 Å². The van der Waals surface area contributed by atoms with E-state index in [1.54, 1.807) is 0 Å². The lowest BCUT2D eigenvalue weighted by Crippen LogP contribution is -2.27. The molecule has 1 aliphatic rings. The number of nitrogens with zero attached hydrogens (tertiary/aromatic N) is 2. The van der Waals surface area contributed by atoms with E-state index < -0.39 is 0 Å².